The molecule has 0 radical (unpaired) electrons. The highest BCUT2D eigenvalue weighted by molar-refractivity contribution is 8.00. The van der Waals surface area contributed by atoms with Crippen molar-refractivity contribution in [2.45, 2.75) is 25.2 Å². The lowest BCUT2D eigenvalue weighted by Crippen LogP contribution is -2.34. The maximum Gasteiger partial charge on any atom is 0.308 e. The topological polar surface area (TPSA) is 66.4 Å². The van der Waals surface area contributed by atoms with Crippen LogP contribution in [0.3, 0.4) is 0 Å². The Bertz CT molecular complexity index is 476. The maximum absolute atomic E-state index is 12.7. The summed E-state index contributed by atoms with van der Waals surface area (Å²) in [5.74, 6) is -1.56. The van der Waals surface area contributed by atoms with Gasteiger partial charge in [0.15, 0.2) is 0 Å². The number of thioether (sulfide) groups is 1. The van der Waals surface area contributed by atoms with Crippen molar-refractivity contribution < 1.29 is 19.1 Å². The van der Waals surface area contributed by atoms with Crippen LogP contribution in [-0.2, 0) is 9.59 Å². The fraction of sp³-hybridized carbons (Fsp3) is 0.467. The number of aliphatic carboxylic acids is 1. The molecule has 0 aliphatic heterocycles. The Balaban J connectivity index is 2.35. The molecule has 0 fully saturated rings. The van der Waals surface area contributed by atoms with Crippen molar-refractivity contribution in [1.29, 1.82) is 0 Å². The number of amides is 1. The zero-order valence-corrected chi connectivity index (χ0v) is 13.0. The predicted octanol–water partition coefficient (Wildman–Crippen LogP) is 2.78. The molecule has 0 saturated carbocycles. The van der Waals surface area contributed by atoms with Crippen LogP contribution in [0.2, 0.25) is 0 Å². The largest absolute Gasteiger partial charge is 0.481 e. The van der Waals surface area contributed by atoms with E-state index in [0.29, 0.717) is 6.42 Å². The normalized spacial score (nSPS) is 12.2. The zero-order chi connectivity index (χ0) is 15.8. The molecule has 0 aliphatic carbocycles. The van der Waals surface area contributed by atoms with Crippen LogP contribution in [-0.4, -0.2) is 29.3 Å². The molecule has 1 unspecified atom stereocenters. The third-order valence-corrected chi connectivity index (χ3v) is 3.85. The minimum atomic E-state index is -0.893. The number of hydrogen-bond donors (Lipinski definition) is 2. The number of hydrogen-bond acceptors (Lipinski definition) is 3. The molecule has 21 heavy (non-hydrogen) atoms. The van der Waals surface area contributed by atoms with Gasteiger partial charge in [0, 0.05) is 11.4 Å². The molecule has 2 N–H and O–H groups in total. The van der Waals surface area contributed by atoms with Crippen molar-refractivity contribution in [3.63, 3.8) is 0 Å². The van der Waals surface area contributed by atoms with Crippen LogP contribution >= 0.6 is 11.8 Å². The van der Waals surface area contributed by atoms with Crippen molar-refractivity contribution in [2.24, 2.45) is 11.8 Å². The number of halogens is 1. The predicted molar refractivity (Wildman–Crippen MR) is 80.7 cm³/mol. The molecular weight excluding hydrogens is 293 g/mol. The first kappa shape index (κ1) is 17.5. The summed E-state index contributed by atoms with van der Waals surface area (Å²) in [5.41, 5.74) is 0. The second-order valence-electron chi connectivity index (χ2n) is 5.21. The van der Waals surface area contributed by atoms with Gasteiger partial charge in [-0.25, -0.2) is 4.39 Å². The molecule has 0 spiro atoms. The number of carboxylic acid groups (broad SMARTS) is 1. The number of benzene rings is 1. The standard InChI is InChI=1S/C15H20FNO3S/c1-10(2)7-11(15(19)20)8-17-14(18)9-21-13-5-3-12(16)4-6-13/h3-6,10-11H,7-9H2,1-2H3,(H,17,18)(H,19,20). The van der Waals surface area contributed by atoms with Crippen LogP contribution in [0.1, 0.15) is 20.3 Å². The van der Waals surface area contributed by atoms with Gasteiger partial charge in [-0.15, -0.1) is 11.8 Å². The molecule has 0 aromatic heterocycles. The Morgan fingerprint density at radius 1 is 1.29 bits per heavy atom. The van der Waals surface area contributed by atoms with E-state index in [0.717, 1.165) is 4.90 Å². The molecule has 1 amide bonds. The maximum atomic E-state index is 12.7. The Kier molecular flexibility index (Phi) is 7.22. The van der Waals surface area contributed by atoms with Gasteiger partial charge in [-0.3, -0.25) is 9.59 Å². The van der Waals surface area contributed by atoms with E-state index < -0.39 is 11.9 Å². The van der Waals surface area contributed by atoms with E-state index in [1.165, 1.54) is 23.9 Å². The molecule has 116 valence electrons. The summed E-state index contributed by atoms with van der Waals surface area (Å²) in [4.78, 5) is 23.6. The minimum Gasteiger partial charge on any atom is -0.481 e. The lowest BCUT2D eigenvalue weighted by molar-refractivity contribution is -0.142. The van der Waals surface area contributed by atoms with Gasteiger partial charge in [0.25, 0.3) is 0 Å². The molecule has 4 nitrogen and oxygen atoms in total. The van der Waals surface area contributed by atoms with Crippen molar-refractivity contribution in [3.8, 4) is 0 Å². The molecule has 0 bridgehead atoms. The zero-order valence-electron chi connectivity index (χ0n) is 12.1. The van der Waals surface area contributed by atoms with Crippen LogP contribution in [0.4, 0.5) is 4.39 Å². The first-order valence-electron chi connectivity index (χ1n) is 6.76. The lowest BCUT2D eigenvalue weighted by atomic mass is 9.97. The van der Waals surface area contributed by atoms with Gasteiger partial charge in [0.1, 0.15) is 5.82 Å². The first-order valence-corrected chi connectivity index (χ1v) is 7.75. The quantitative estimate of drug-likeness (QED) is 0.724. The summed E-state index contributed by atoms with van der Waals surface area (Å²) in [6, 6.07) is 5.88. The van der Waals surface area contributed by atoms with Gasteiger partial charge in [0.2, 0.25) is 5.91 Å². The van der Waals surface area contributed by atoms with Crippen LogP contribution in [0.25, 0.3) is 0 Å². The van der Waals surface area contributed by atoms with Gasteiger partial charge in [-0.05, 0) is 36.6 Å². The number of carbonyl (C=O) groups is 2. The molecule has 1 rings (SSSR count). The summed E-state index contributed by atoms with van der Waals surface area (Å²) in [6.45, 7) is 4.03. The molecule has 0 heterocycles. The first-order chi connectivity index (χ1) is 9.88. The molecular formula is C15H20FNO3S. The number of carbonyl (C=O) groups excluding carboxylic acids is 1. The molecule has 0 saturated heterocycles. The molecule has 1 aromatic carbocycles. The smallest absolute Gasteiger partial charge is 0.308 e. The van der Waals surface area contributed by atoms with E-state index in [1.54, 1.807) is 12.1 Å². The average Bonchev–Trinajstić information content (AvgIpc) is 2.42. The van der Waals surface area contributed by atoms with E-state index >= 15 is 0 Å². The number of nitrogens with one attached hydrogen (secondary N) is 1. The average molecular weight is 313 g/mol. The van der Waals surface area contributed by atoms with Crippen molar-refractivity contribution >= 4 is 23.6 Å². The molecule has 0 aliphatic rings. The van der Waals surface area contributed by atoms with Gasteiger partial charge in [-0.2, -0.15) is 0 Å². The summed E-state index contributed by atoms with van der Waals surface area (Å²) in [5, 5.41) is 11.7. The Morgan fingerprint density at radius 2 is 1.90 bits per heavy atom. The highest BCUT2D eigenvalue weighted by atomic mass is 32.2. The monoisotopic (exact) mass is 313 g/mol. The van der Waals surface area contributed by atoms with Crippen LogP contribution in [0, 0.1) is 17.7 Å². The number of carboxylic acids is 1. The fourth-order valence-corrected chi connectivity index (χ4v) is 2.54. The van der Waals surface area contributed by atoms with E-state index in [2.05, 4.69) is 5.32 Å². The van der Waals surface area contributed by atoms with Crippen LogP contribution in [0.5, 0.6) is 0 Å². The fourth-order valence-electron chi connectivity index (χ4n) is 1.81. The second-order valence-corrected chi connectivity index (χ2v) is 6.26. The lowest BCUT2D eigenvalue weighted by Gasteiger charge is -2.15. The number of rotatable bonds is 8. The summed E-state index contributed by atoms with van der Waals surface area (Å²) < 4.78 is 12.7. The molecule has 1 atom stereocenters. The van der Waals surface area contributed by atoms with Crippen molar-refractivity contribution in [1.82, 2.24) is 5.32 Å². The Morgan fingerprint density at radius 3 is 2.43 bits per heavy atom. The van der Waals surface area contributed by atoms with Gasteiger partial charge in [-0.1, -0.05) is 13.8 Å². The van der Waals surface area contributed by atoms with Gasteiger partial charge in [0.05, 0.1) is 11.7 Å². The highest BCUT2D eigenvalue weighted by Crippen LogP contribution is 2.17. The molecule has 6 heteroatoms. The van der Waals surface area contributed by atoms with Crippen LogP contribution in [0.15, 0.2) is 29.2 Å². The molecule has 1 aromatic rings. The van der Waals surface area contributed by atoms with E-state index in [1.807, 2.05) is 13.8 Å². The summed E-state index contributed by atoms with van der Waals surface area (Å²) in [6.07, 6.45) is 0.528. The van der Waals surface area contributed by atoms with Crippen LogP contribution < -0.4 is 5.32 Å². The second kappa shape index (κ2) is 8.67. The van der Waals surface area contributed by atoms with E-state index in [-0.39, 0.29) is 29.9 Å². The summed E-state index contributed by atoms with van der Waals surface area (Å²) in [7, 11) is 0. The highest BCUT2D eigenvalue weighted by Gasteiger charge is 2.19. The summed E-state index contributed by atoms with van der Waals surface area (Å²) >= 11 is 1.29. The van der Waals surface area contributed by atoms with Crippen molar-refractivity contribution in [3.05, 3.63) is 30.1 Å². The van der Waals surface area contributed by atoms with Gasteiger partial charge < -0.3 is 10.4 Å². The Hall–Kier alpha value is -1.56. The van der Waals surface area contributed by atoms with E-state index in [4.69, 9.17) is 5.11 Å². The Labute approximate surface area is 128 Å². The SMILES string of the molecule is CC(C)CC(CNC(=O)CSc1ccc(F)cc1)C(=O)O. The third kappa shape index (κ3) is 7.13. The van der Waals surface area contributed by atoms with E-state index in [9.17, 15) is 14.0 Å². The third-order valence-electron chi connectivity index (χ3n) is 2.83. The van der Waals surface area contributed by atoms with Crippen molar-refractivity contribution in [2.75, 3.05) is 12.3 Å². The van der Waals surface area contributed by atoms with Gasteiger partial charge >= 0.3 is 5.97 Å². The minimum absolute atomic E-state index is 0.135.